The summed E-state index contributed by atoms with van der Waals surface area (Å²) in [6.07, 6.45) is 0. The van der Waals surface area contributed by atoms with Crippen LogP contribution in [0.4, 0.5) is 0 Å². The zero-order chi connectivity index (χ0) is 8.43. The molecule has 1 aromatic rings. The fourth-order valence-corrected chi connectivity index (χ4v) is 0.874. The topological polar surface area (TPSA) is 37.3 Å². The third kappa shape index (κ3) is 2.58. The van der Waals surface area contributed by atoms with Crippen molar-refractivity contribution in [1.29, 1.82) is 0 Å². The minimum Gasteiger partial charge on any atom is -0.478 e. The Morgan fingerprint density at radius 2 is 1.83 bits per heavy atom. The van der Waals surface area contributed by atoms with Crippen LogP contribution in [-0.2, 0) is 27.3 Å². The average Bonchev–Trinajstić information content (AvgIpc) is 1.94. The molecule has 0 radical (unpaired) electrons. The molecule has 0 spiro atoms. The zero-order valence-electron chi connectivity index (χ0n) is 7.29. The number of carbonyl (C=O) groups is 1. The summed E-state index contributed by atoms with van der Waals surface area (Å²) < 4.78 is 0. The van der Waals surface area contributed by atoms with Crippen LogP contribution in [0.3, 0.4) is 0 Å². The molecule has 2 nitrogen and oxygen atoms in total. The van der Waals surface area contributed by atoms with Gasteiger partial charge in [0.15, 0.2) is 0 Å². The maximum Gasteiger partial charge on any atom is 0.335 e. The van der Waals surface area contributed by atoms with E-state index in [9.17, 15) is 4.79 Å². The Morgan fingerprint density at radius 1 is 1.25 bits per heavy atom. The quantitative estimate of drug-likeness (QED) is 0.786. The molecule has 0 fully saturated rings. The summed E-state index contributed by atoms with van der Waals surface area (Å²) in [4.78, 5) is 10.5. The van der Waals surface area contributed by atoms with Crippen molar-refractivity contribution >= 4 is 5.97 Å². The normalized spacial score (nSPS) is 8.83. The first-order valence-corrected chi connectivity index (χ1v) is 3.42. The molecule has 0 amide bonds. The molecule has 0 aliphatic rings. The minimum atomic E-state index is -0.867. The van der Waals surface area contributed by atoms with E-state index in [4.69, 9.17) is 5.11 Å². The molecule has 0 aliphatic heterocycles. The predicted molar refractivity (Wildman–Crippen MR) is 42.9 cm³/mol. The Kier molecular flexibility index (Phi) is 4.44. The average molecular weight is 263 g/mol. The van der Waals surface area contributed by atoms with Crippen molar-refractivity contribution in [2.45, 2.75) is 13.8 Å². The number of hydrogen-bond acceptors (Lipinski definition) is 1. The molecule has 0 atom stereocenters. The Morgan fingerprint density at radius 3 is 2.25 bits per heavy atom. The van der Waals surface area contributed by atoms with E-state index in [1.54, 1.807) is 12.1 Å². The van der Waals surface area contributed by atoms with Gasteiger partial charge in [0, 0.05) is 27.3 Å². The summed E-state index contributed by atoms with van der Waals surface area (Å²) in [7, 11) is 0. The molecule has 3 heteroatoms. The minimum absolute atomic E-state index is 0. The maximum atomic E-state index is 10.5. The van der Waals surface area contributed by atoms with E-state index in [0.717, 1.165) is 11.1 Å². The van der Waals surface area contributed by atoms with Crippen LogP contribution < -0.4 is 0 Å². The van der Waals surface area contributed by atoms with Gasteiger partial charge in [-0.15, -0.1) is 0 Å². The van der Waals surface area contributed by atoms with E-state index in [1.807, 2.05) is 19.9 Å². The van der Waals surface area contributed by atoms with Gasteiger partial charge in [-0.2, -0.15) is 0 Å². The first-order valence-electron chi connectivity index (χ1n) is 3.42. The van der Waals surface area contributed by atoms with Gasteiger partial charge in [0.2, 0.25) is 0 Å². The van der Waals surface area contributed by atoms with Gasteiger partial charge >= 0.3 is 5.97 Å². The summed E-state index contributed by atoms with van der Waals surface area (Å²) in [6, 6.07) is 5.11. The summed E-state index contributed by atoms with van der Waals surface area (Å²) >= 11 is 0. The van der Waals surface area contributed by atoms with Gasteiger partial charge in [-0.3, -0.25) is 0 Å². The molecule has 0 unspecified atom stereocenters. The number of rotatable bonds is 1. The molecule has 1 N–H and O–H groups in total. The van der Waals surface area contributed by atoms with Crippen molar-refractivity contribution < 1.29 is 37.2 Å². The Bertz CT molecular complexity index is 295. The largest absolute Gasteiger partial charge is 0.478 e. The molecule has 0 aliphatic carbocycles. The number of hydrogen-bond donors (Lipinski definition) is 1. The number of carboxylic acid groups (broad SMARTS) is 1. The van der Waals surface area contributed by atoms with Crippen LogP contribution in [0.1, 0.15) is 21.5 Å². The number of aryl methyl sites for hydroxylation is 2. The van der Waals surface area contributed by atoms with Crippen LogP contribution in [0, 0.1) is 13.8 Å². The fourth-order valence-electron chi connectivity index (χ4n) is 0.874. The maximum absolute atomic E-state index is 10.5. The standard InChI is InChI=1S/C9H10O2.Cd/c1-6-3-4-8(9(10)11)5-7(6)2;/h3-5H,1-2H3,(H,10,11);. The van der Waals surface area contributed by atoms with Gasteiger partial charge < -0.3 is 5.11 Å². The third-order valence-corrected chi connectivity index (χ3v) is 1.75. The van der Waals surface area contributed by atoms with E-state index in [-0.39, 0.29) is 27.3 Å². The molecule has 60 valence electrons. The summed E-state index contributed by atoms with van der Waals surface area (Å²) in [5.74, 6) is -0.867. The summed E-state index contributed by atoms with van der Waals surface area (Å²) in [5, 5.41) is 8.60. The van der Waals surface area contributed by atoms with Gasteiger partial charge in [0.1, 0.15) is 0 Å². The molecule has 0 saturated heterocycles. The van der Waals surface area contributed by atoms with Gasteiger partial charge in [-0.25, -0.2) is 4.79 Å². The van der Waals surface area contributed by atoms with Crippen LogP contribution in [0.2, 0.25) is 0 Å². The predicted octanol–water partition coefficient (Wildman–Crippen LogP) is 2.00. The number of carboxylic acids is 1. The monoisotopic (exact) mass is 264 g/mol. The summed E-state index contributed by atoms with van der Waals surface area (Å²) in [5.41, 5.74) is 2.49. The van der Waals surface area contributed by atoms with E-state index in [0.29, 0.717) is 5.56 Å². The van der Waals surface area contributed by atoms with E-state index < -0.39 is 5.97 Å². The van der Waals surface area contributed by atoms with E-state index in [1.165, 1.54) is 0 Å². The molecule has 0 aromatic heterocycles. The SMILES string of the molecule is Cc1ccc(C(=O)O)cc1C.[Cd]. The van der Waals surface area contributed by atoms with Crippen molar-refractivity contribution in [3.63, 3.8) is 0 Å². The number of aromatic carboxylic acids is 1. The Labute approximate surface area is 91.8 Å². The second-order valence-corrected chi connectivity index (χ2v) is 2.60. The zero-order valence-corrected chi connectivity index (χ0v) is 11.3. The van der Waals surface area contributed by atoms with E-state index >= 15 is 0 Å². The fraction of sp³-hybridized carbons (Fsp3) is 0.222. The van der Waals surface area contributed by atoms with Gasteiger partial charge in [-0.05, 0) is 37.1 Å². The van der Waals surface area contributed by atoms with Crippen LogP contribution in [0.15, 0.2) is 18.2 Å². The Balaban J connectivity index is 0.00000121. The van der Waals surface area contributed by atoms with Gasteiger partial charge in [0.05, 0.1) is 5.56 Å². The second kappa shape index (κ2) is 4.59. The third-order valence-electron chi connectivity index (χ3n) is 1.75. The molecular formula is C9H10CdO2. The van der Waals surface area contributed by atoms with Crippen molar-refractivity contribution in [3.05, 3.63) is 34.9 Å². The van der Waals surface area contributed by atoms with Crippen LogP contribution in [-0.4, -0.2) is 11.1 Å². The van der Waals surface area contributed by atoms with Crippen LogP contribution in [0.25, 0.3) is 0 Å². The van der Waals surface area contributed by atoms with Gasteiger partial charge in [-0.1, -0.05) is 6.07 Å². The van der Waals surface area contributed by atoms with E-state index in [2.05, 4.69) is 0 Å². The Hall–Kier alpha value is -0.388. The number of benzene rings is 1. The van der Waals surface area contributed by atoms with Crippen molar-refractivity contribution in [2.75, 3.05) is 0 Å². The smallest absolute Gasteiger partial charge is 0.335 e. The van der Waals surface area contributed by atoms with Gasteiger partial charge in [0.25, 0.3) is 0 Å². The summed E-state index contributed by atoms with van der Waals surface area (Å²) in [6.45, 7) is 3.86. The molecule has 0 heterocycles. The van der Waals surface area contributed by atoms with Crippen molar-refractivity contribution in [1.82, 2.24) is 0 Å². The molecule has 12 heavy (non-hydrogen) atoms. The van der Waals surface area contributed by atoms with Crippen molar-refractivity contribution in [3.8, 4) is 0 Å². The molecule has 0 bridgehead atoms. The second-order valence-electron chi connectivity index (χ2n) is 2.60. The first-order chi connectivity index (χ1) is 5.11. The first kappa shape index (κ1) is 11.6. The molecule has 1 aromatic carbocycles. The van der Waals surface area contributed by atoms with Crippen LogP contribution in [0.5, 0.6) is 0 Å². The van der Waals surface area contributed by atoms with Crippen LogP contribution >= 0.6 is 0 Å². The molecular weight excluding hydrogens is 253 g/mol. The van der Waals surface area contributed by atoms with Crippen molar-refractivity contribution in [2.24, 2.45) is 0 Å². The molecule has 0 saturated carbocycles. The molecule has 1 rings (SSSR count).